The first-order chi connectivity index (χ1) is 14.8. The number of anilines is 1. The Morgan fingerprint density at radius 1 is 1.35 bits per heavy atom. The second-order valence-electron chi connectivity index (χ2n) is 5.82. The van der Waals surface area contributed by atoms with Crippen LogP contribution in [0.2, 0.25) is 10.0 Å². The summed E-state index contributed by atoms with van der Waals surface area (Å²) >= 11 is 15.2. The van der Waals surface area contributed by atoms with Crippen molar-refractivity contribution in [2.75, 3.05) is 5.73 Å². The Balaban J connectivity index is 1.87. The molecule has 3 aromatic rings. The van der Waals surface area contributed by atoms with E-state index < -0.39 is 10.8 Å². The maximum atomic E-state index is 12.0. The van der Waals surface area contributed by atoms with Gasteiger partial charge in [0.2, 0.25) is 17.3 Å². The maximum Gasteiger partial charge on any atom is 0.312 e. The van der Waals surface area contributed by atoms with Crippen molar-refractivity contribution < 1.29 is 19.1 Å². The number of rotatable bonds is 7. The summed E-state index contributed by atoms with van der Waals surface area (Å²) in [5.41, 5.74) is 7.80. The number of carbonyl (C=O) groups excluding carboxylic acids is 1. The van der Waals surface area contributed by atoms with E-state index in [1.807, 2.05) is 0 Å². The number of benzene rings is 2. The summed E-state index contributed by atoms with van der Waals surface area (Å²) in [6.07, 6.45) is 1.16. The second-order valence-corrected chi connectivity index (χ2v) is 7.58. The Labute approximate surface area is 192 Å². The molecule has 0 atom stereocenters. The molecule has 0 spiro atoms. The van der Waals surface area contributed by atoms with Crippen molar-refractivity contribution in [2.24, 2.45) is 5.10 Å². The van der Waals surface area contributed by atoms with Crippen LogP contribution in [0.1, 0.15) is 21.6 Å². The van der Waals surface area contributed by atoms with Gasteiger partial charge in [-0.25, -0.2) is 10.1 Å². The van der Waals surface area contributed by atoms with Crippen molar-refractivity contribution in [2.45, 2.75) is 6.61 Å². The van der Waals surface area contributed by atoms with Gasteiger partial charge in [0.15, 0.2) is 0 Å². The molecule has 0 aliphatic heterocycles. The highest BCUT2D eigenvalue weighted by Gasteiger charge is 2.21. The first kappa shape index (κ1) is 22.5. The molecule has 1 aromatic heterocycles. The summed E-state index contributed by atoms with van der Waals surface area (Å²) in [5, 5.41) is 22.7. The Bertz CT molecular complexity index is 1190. The van der Waals surface area contributed by atoms with Crippen molar-refractivity contribution in [3.8, 4) is 5.75 Å². The van der Waals surface area contributed by atoms with Crippen molar-refractivity contribution in [3.05, 3.63) is 71.8 Å². The quantitative estimate of drug-likeness (QED) is 0.264. The summed E-state index contributed by atoms with van der Waals surface area (Å²) in [6, 6.07) is 7.58. The van der Waals surface area contributed by atoms with Gasteiger partial charge in [-0.1, -0.05) is 45.2 Å². The molecule has 31 heavy (non-hydrogen) atoms. The highest BCUT2D eigenvalue weighted by molar-refractivity contribution is 9.10. The Hall–Kier alpha value is -3.22. The minimum absolute atomic E-state index is 0.0766. The predicted octanol–water partition coefficient (Wildman–Crippen LogP) is 3.97. The van der Waals surface area contributed by atoms with Crippen molar-refractivity contribution in [1.82, 2.24) is 15.7 Å². The number of ether oxygens (including phenoxy) is 1. The fraction of sp³-hybridized carbons (Fsp3) is 0.0588. The molecule has 0 unspecified atom stereocenters. The van der Waals surface area contributed by atoms with Crippen LogP contribution in [-0.4, -0.2) is 27.4 Å². The summed E-state index contributed by atoms with van der Waals surface area (Å²) in [5.74, 6) is -1.08. The van der Waals surface area contributed by atoms with Gasteiger partial charge < -0.3 is 10.5 Å². The average molecular weight is 530 g/mol. The minimum Gasteiger partial charge on any atom is -0.481 e. The molecule has 0 saturated heterocycles. The molecule has 3 rings (SSSR count). The van der Waals surface area contributed by atoms with E-state index in [0.717, 1.165) is 6.21 Å². The number of halogens is 3. The van der Waals surface area contributed by atoms with Crippen LogP contribution in [0.4, 0.5) is 11.5 Å². The average Bonchev–Trinajstić information content (AvgIpc) is 3.13. The lowest BCUT2D eigenvalue weighted by Gasteiger charge is -2.11. The molecule has 0 radical (unpaired) electrons. The molecule has 3 N–H and O–H groups in total. The number of amides is 1. The van der Waals surface area contributed by atoms with E-state index in [-0.39, 0.29) is 35.1 Å². The van der Waals surface area contributed by atoms with Gasteiger partial charge >= 0.3 is 5.69 Å². The lowest BCUT2D eigenvalue weighted by Crippen LogP contribution is -2.19. The lowest BCUT2D eigenvalue weighted by atomic mass is 10.2. The molecule has 1 amide bonds. The van der Waals surface area contributed by atoms with Crippen LogP contribution < -0.4 is 15.9 Å². The van der Waals surface area contributed by atoms with E-state index in [1.54, 1.807) is 12.1 Å². The standard InChI is InChI=1S/C17H11BrCl2N6O5/c18-10-3-9(6-22-23-17(27)14-16(21)25-31-24-14)15(13(4-10)26(28)29)30-7-8-1-2-11(19)5-12(8)20/h1-6H,7H2,(H2,21,25)(H,23,27)/b22-6-. The molecular formula is C17H11BrCl2N6O5. The van der Waals surface area contributed by atoms with Crippen LogP contribution in [0.5, 0.6) is 5.75 Å². The van der Waals surface area contributed by atoms with E-state index in [1.165, 1.54) is 18.2 Å². The molecule has 0 saturated carbocycles. The minimum atomic E-state index is -0.782. The highest BCUT2D eigenvalue weighted by atomic mass is 79.9. The van der Waals surface area contributed by atoms with Gasteiger partial charge in [-0.3, -0.25) is 14.9 Å². The third-order valence-corrected chi connectivity index (χ3v) is 4.79. The second kappa shape index (κ2) is 9.73. The van der Waals surface area contributed by atoms with E-state index >= 15 is 0 Å². The van der Waals surface area contributed by atoms with Gasteiger partial charge in [0, 0.05) is 31.7 Å². The molecule has 2 aromatic carbocycles. The number of nitrogens with one attached hydrogen (secondary N) is 1. The van der Waals surface area contributed by atoms with Crippen molar-refractivity contribution in [1.29, 1.82) is 0 Å². The zero-order valence-corrected chi connectivity index (χ0v) is 18.3. The van der Waals surface area contributed by atoms with E-state index in [0.29, 0.717) is 20.1 Å². The summed E-state index contributed by atoms with van der Waals surface area (Å²) < 4.78 is 10.4. The van der Waals surface area contributed by atoms with Gasteiger partial charge in [-0.2, -0.15) is 5.10 Å². The zero-order chi connectivity index (χ0) is 22.5. The summed E-state index contributed by atoms with van der Waals surface area (Å²) in [7, 11) is 0. The van der Waals surface area contributed by atoms with Crippen LogP contribution in [-0.2, 0) is 6.61 Å². The molecular weight excluding hydrogens is 519 g/mol. The lowest BCUT2D eigenvalue weighted by molar-refractivity contribution is -0.386. The van der Waals surface area contributed by atoms with Crippen LogP contribution in [0.15, 0.2) is 44.5 Å². The first-order valence-corrected chi connectivity index (χ1v) is 9.77. The number of nitrogen functional groups attached to an aromatic ring is 1. The number of nitro groups is 1. The number of hydrazone groups is 1. The predicted molar refractivity (Wildman–Crippen MR) is 115 cm³/mol. The number of aromatic nitrogens is 2. The van der Waals surface area contributed by atoms with Gasteiger partial charge in [0.05, 0.1) is 11.1 Å². The Morgan fingerprint density at radius 2 is 2.13 bits per heavy atom. The molecule has 160 valence electrons. The van der Waals surface area contributed by atoms with Crippen LogP contribution in [0.25, 0.3) is 0 Å². The normalized spacial score (nSPS) is 10.9. The number of nitrogens with zero attached hydrogens (tertiary/aromatic N) is 4. The molecule has 0 aliphatic carbocycles. The number of hydrogen-bond acceptors (Lipinski definition) is 9. The summed E-state index contributed by atoms with van der Waals surface area (Å²) in [4.78, 5) is 22.9. The fourth-order valence-corrected chi connectivity index (χ4v) is 3.27. The first-order valence-electron chi connectivity index (χ1n) is 8.22. The van der Waals surface area contributed by atoms with Crippen molar-refractivity contribution in [3.63, 3.8) is 0 Å². The summed E-state index contributed by atoms with van der Waals surface area (Å²) in [6.45, 7) is -0.0766. The Kier molecular flexibility index (Phi) is 7.05. The van der Waals surface area contributed by atoms with Gasteiger partial charge in [-0.05, 0) is 28.5 Å². The van der Waals surface area contributed by atoms with Crippen LogP contribution in [0.3, 0.4) is 0 Å². The third-order valence-electron chi connectivity index (χ3n) is 3.75. The molecule has 14 heteroatoms. The van der Waals surface area contributed by atoms with Crippen LogP contribution >= 0.6 is 39.1 Å². The van der Waals surface area contributed by atoms with E-state index in [4.69, 9.17) is 33.7 Å². The van der Waals surface area contributed by atoms with Gasteiger partial charge in [0.1, 0.15) is 6.61 Å². The van der Waals surface area contributed by atoms with E-state index in [2.05, 4.69) is 41.4 Å². The van der Waals surface area contributed by atoms with Crippen molar-refractivity contribution >= 4 is 62.8 Å². The van der Waals surface area contributed by atoms with Gasteiger partial charge in [0.25, 0.3) is 5.91 Å². The van der Waals surface area contributed by atoms with E-state index in [9.17, 15) is 14.9 Å². The number of nitrogens with two attached hydrogens (primary N) is 1. The number of nitro benzene ring substituents is 1. The Morgan fingerprint density at radius 3 is 2.77 bits per heavy atom. The van der Waals surface area contributed by atoms with Gasteiger partial charge in [-0.15, -0.1) is 0 Å². The molecule has 1 heterocycles. The van der Waals surface area contributed by atoms with Crippen LogP contribution in [0, 0.1) is 10.1 Å². The fourth-order valence-electron chi connectivity index (χ4n) is 2.34. The largest absolute Gasteiger partial charge is 0.481 e. The molecule has 0 bridgehead atoms. The zero-order valence-electron chi connectivity index (χ0n) is 15.2. The monoisotopic (exact) mass is 528 g/mol. The number of carbonyl (C=O) groups is 1. The molecule has 11 nitrogen and oxygen atoms in total. The smallest absolute Gasteiger partial charge is 0.312 e. The third kappa shape index (κ3) is 5.48. The maximum absolute atomic E-state index is 12.0. The highest BCUT2D eigenvalue weighted by Crippen LogP contribution is 2.35. The molecule has 0 aliphatic rings. The topological polar surface area (TPSA) is 159 Å². The number of hydrogen-bond donors (Lipinski definition) is 2. The SMILES string of the molecule is Nc1nonc1C(=O)N/N=C\c1cc(Br)cc([N+](=O)[O-])c1OCc1ccc(Cl)cc1Cl. The molecule has 0 fully saturated rings.